The third kappa shape index (κ3) is 5.58. The Hall–Kier alpha value is -1.84. The number of anilines is 1. The van der Waals surface area contributed by atoms with Gasteiger partial charge >= 0.3 is 5.97 Å². The highest BCUT2D eigenvalue weighted by Crippen LogP contribution is 2.27. The first kappa shape index (κ1) is 20.5. The van der Waals surface area contributed by atoms with Crippen molar-refractivity contribution in [2.24, 2.45) is 0 Å². The SMILES string of the molecule is COC(=O)CSc1nnc(NC(=O)[C@H](C)Oc2cc(C)c(Cl)c(C)c2)s1. The molecular weight excluding hydrogens is 398 g/mol. The number of carbonyl (C=O) groups is 2. The maximum atomic E-state index is 12.3. The van der Waals surface area contributed by atoms with E-state index in [1.165, 1.54) is 30.2 Å². The topological polar surface area (TPSA) is 90.4 Å². The molecule has 1 heterocycles. The second kappa shape index (κ2) is 9.20. The molecule has 1 atom stereocenters. The van der Waals surface area contributed by atoms with E-state index in [-0.39, 0.29) is 17.6 Å². The molecule has 2 aromatic rings. The first-order valence-corrected chi connectivity index (χ1v) is 9.75. The van der Waals surface area contributed by atoms with Gasteiger partial charge in [0.15, 0.2) is 10.4 Å². The van der Waals surface area contributed by atoms with Crippen molar-refractivity contribution in [3.63, 3.8) is 0 Å². The monoisotopic (exact) mass is 415 g/mol. The fourth-order valence-corrected chi connectivity index (χ4v) is 3.63. The molecule has 1 amide bonds. The van der Waals surface area contributed by atoms with Gasteiger partial charge in [-0.25, -0.2) is 0 Å². The predicted molar refractivity (Wildman–Crippen MR) is 102 cm³/mol. The molecule has 0 radical (unpaired) electrons. The summed E-state index contributed by atoms with van der Waals surface area (Å²) in [5.74, 6) is -0.00524. The highest BCUT2D eigenvalue weighted by atomic mass is 35.5. The van der Waals surface area contributed by atoms with E-state index < -0.39 is 6.10 Å². The molecule has 0 fully saturated rings. The number of rotatable bonds is 7. The van der Waals surface area contributed by atoms with Gasteiger partial charge in [0, 0.05) is 5.02 Å². The first-order chi connectivity index (χ1) is 12.3. The molecule has 10 heteroatoms. The van der Waals surface area contributed by atoms with Gasteiger partial charge in [-0.3, -0.25) is 14.9 Å². The van der Waals surface area contributed by atoms with E-state index in [1.807, 2.05) is 13.8 Å². The molecule has 0 spiro atoms. The molecule has 0 aliphatic rings. The van der Waals surface area contributed by atoms with E-state index in [0.29, 0.717) is 20.2 Å². The Morgan fingerprint density at radius 2 is 1.96 bits per heavy atom. The summed E-state index contributed by atoms with van der Waals surface area (Å²) in [7, 11) is 1.32. The molecule has 0 unspecified atom stereocenters. The van der Waals surface area contributed by atoms with Crippen molar-refractivity contribution in [1.29, 1.82) is 0 Å². The van der Waals surface area contributed by atoms with Gasteiger partial charge in [-0.05, 0) is 44.0 Å². The molecule has 1 aromatic carbocycles. The van der Waals surface area contributed by atoms with Crippen LogP contribution in [0.5, 0.6) is 5.75 Å². The molecule has 0 saturated heterocycles. The Bertz CT molecular complexity index is 790. The van der Waals surface area contributed by atoms with Gasteiger partial charge in [0.25, 0.3) is 5.91 Å². The molecule has 1 N–H and O–H groups in total. The van der Waals surface area contributed by atoms with E-state index in [0.717, 1.165) is 11.1 Å². The molecule has 0 aliphatic carbocycles. The molecule has 2 rings (SSSR count). The van der Waals surface area contributed by atoms with Gasteiger partial charge in [0.1, 0.15) is 5.75 Å². The number of methoxy groups -OCH3 is 1. The van der Waals surface area contributed by atoms with Gasteiger partial charge in [0.05, 0.1) is 12.9 Å². The quantitative estimate of drug-likeness (QED) is 0.420. The number of nitrogens with zero attached hydrogens (tertiary/aromatic N) is 2. The largest absolute Gasteiger partial charge is 0.481 e. The summed E-state index contributed by atoms with van der Waals surface area (Å²) in [5.41, 5.74) is 1.76. The minimum atomic E-state index is -0.731. The van der Waals surface area contributed by atoms with Crippen molar-refractivity contribution < 1.29 is 19.1 Å². The Kier molecular flexibility index (Phi) is 7.24. The third-order valence-electron chi connectivity index (χ3n) is 3.27. The van der Waals surface area contributed by atoms with Crippen molar-refractivity contribution in [2.45, 2.75) is 31.2 Å². The van der Waals surface area contributed by atoms with Crippen LogP contribution in [0.25, 0.3) is 0 Å². The lowest BCUT2D eigenvalue weighted by Crippen LogP contribution is -2.30. The summed E-state index contributed by atoms with van der Waals surface area (Å²) in [5, 5.41) is 11.5. The molecule has 140 valence electrons. The van der Waals surface area contributed by atoms with Crippen molar-refractivity contribution in [3.05, 3.63) is 28.3 Å². The van der Waals surface area contributed by atoms with Crippen LogP contribution in [0.2, 0.25) is 5.02 Å². The number of thioether (sulfide) groups is 1. The lowest BCUT2D eigenvalue weighted by molar-refractivity contribution is -0.137. The van der Waals surface area contributed by atoms with E-state index in [4.69, 9.17) is 16.3 Å². The molecule has 1 aromatic heterocycles. The second-order valence-corrected chi connectivity index (χ2v) is 7.94. The number of carbonyl (C=O) groups excluding carboxylic acids is 2. The standard InChI is InChI=1S/C16H18ClN3O4S2/c1-8-5-11(6-9(2)13(8)17)24-10(3)14(22)18-15-19-20-16(26-15)25-7-12(21)23-4/h5-6,10H,7H2,1-4H3,(H,18,19,22)/t10-/m0/s1. The average Bonchev–Trinajstić information content (AvgIpc) is 3.04. The van der Waals surface area contributed by atoms with Crippen molar-refractivity contribution >= 4 is 51.7 Å². The Labute approximate surface area is 164 Å². The average molecular weight is 416 g/mol. The predicted octanol–water partition coefficient (Wildman–Crippen LogP) is 3.48. The minimum absolute atomic E-state index is 0.133. The Morgan fingerprint density at radius 3 is 2.58 bits per heavy atom. The van der Waals surface area contributed by atoms with Crippen LogP contribution in [0.4, 0.5) is 5.13 Å². The fourth-order valence-electron chi connectivity index (χ4n) is 1.94. The number of halogens is 1. The number of esters is 1. The molecule has 0 aliphatic heterocycles. The zero-order chi connectivity index (χ0) is 19.3. The number of amides is 1. The molecular formula is C16H18ClN3O4S2. The third-order valence-corrected chi connectivity index (χ3v) is 5.81. The number of nitrogens with one attached hydrogen (secondary N) is 1. The van der Waals surface area contributed by atoms with Crippen molar-refractivity contribution in [2.75, 3.05) is 18.2 Å². The summed E-state index contributed by atoms with van der Waals surface area (Å²) in [6, 6.07) is 3.57. The Balaban J connectivity index is 1.93. The maximum absolute atomic E-state index is 12.3. The van der Waals surface area contributed by atoms with Gasteiger partial charge in [-0.15, -0.1) is 10.2 Å². The van der Waals surface area contributed by atoms with Crippen LogP contribution in [0, 0.1) is 13.8 Å². The van der Waals surface area contributed by atoms with Gasteiger partial charge in [-0.2, -0.15) is 0 Å². The zero-order valence-corrected chi connectivity index (χ0v) is 17.0. The molecule has 0 bridgehead atoms. The smallest absolute Gasteiger partial charge is 0.316 e. The lowest BCUT2D eigenvalue weighted by atomic mass is 10.1. The second-order valence-electron chi connectivity index (χ2n) is 5.36. The summed E-state index contributed by atoms with van der Waals surface area (Å²) in [4.78, 5) is 23.4. The number of aryl methyl sites for hydroxylation is 2. The van der Waals surface area contributed by atoms with Crippen LogP contribution in [0.15, 0.2) is 16.5 Å². The highest BCUT2D eigenvalue weighted by molar-refractivity contribution is 8.01. The number of benzene rings is 1. The molecule has 26 heavy (non-hydrogen) atoms. The summed E-state index contributed by atoms with van der Waals surface area (Å²) in [6.07, 6.45) is -0.731. The van der Waals surface area contributed by atoms with Crippen LogP contribution in [0.3, 0.4) is 0 Å². The number of ether oxygens (including phenoxy) is 2. The maximum Gasteiger partial charge on any atom is 0.316 e. The minimum Gasteiger partial charge on any atom is -0.481 e. The van der Waals surface area contributed by atoms with Crippen molar-refractivity contribution in [3.8, 4) is 5.75 Å². The summed E-state index contributed by atoms with van der Waals surface area (Å²) >= 11 is 8.50. The van der Waals surface area contributed by atoms with Gasteiger partial charge in [0.2, 0.25) is 5.13 Å². The first-order valence-electron chi connectivity index (χ1n) is 7.57. The van der Waals surface area contributed by atoms with E-state index in [9.17, 15) is 9.59 Å². The van der Waals surface area contributed by atoms with Crippen LogP contribution < -0.4 is 10.1 Å². The zero-order valence-electron chi connectivity index (χ0n) is 14.7. The van der Waals surface area contributed by atoms with Crippen LogP contribution >= 0.6 is 34.7 Å². The summed E-state index contributed by atoms with van der Waals surface area (Å²) < 4.78 is 10.8. The lowest BCUT2D eigenvalue weighted by Gasteiger charge is -2.15. The van der Waals surface area contributed by atoms with E-state index in [2.05, 4.69) is 20.3 Å². The number of hydrogen-bond acceptors (Lipinski definition) is 8. The van der Waals surface area contributed by atoms with E-state index >= 15 is 0 Å². The van der Waals surface area contributed by atoms with Crippen LogP contribution in [-0.2, 0) is 14.3 Å². The van der Waals surface area contributed by atoms with E-state index in [1.54, 1.807) is 19.1 Å². The van der Waals surface area contributed by atoms with Gasteiger partial charge in [-0.1, -0.05) is 34.7 Å². The molecule has 7 nitrogen and oxygen atoms in total. The van der Waals surface area contributed by atoms with Crippen molar-refractivity contribution in [1.82, 2.24) is 10.2 Å². The molecule has 0 saturated carbocycles. The normalized spacial score (nSPS) is 11.7. The van der Waals surface area contributed by atoms with Crippen LogP contribution in [-0.4, -0.2) is 41.0 Å². The summed E-state index contributed by atoms with van der Waals surface area (Å²) in [6.45, 7) is 5.39. The highest BCUT2D eigenvalue weighted by Gasteiger charge is 2.18. The Morgan fingerprint density at radius 1 is 1.31 bits per heavy atom. The number of aromatic nitrogens is 2. The number of hydrogen-bond donors (Lipinski definition) is 1. The fraction of sp³-hybridized carbons (Fsp3) is 0.375. The van der Waals surface area contributed by atoms with Gasteiger partial charge < -0.3 is 9.47 Å². The van der Waals surface area contributed by atoms with Crippen LogP contribution in [0.1, 0.15) is 18.1 Å².